The van der Waals surface area contributed by atoms with Crippen molar-refractivity contribution in [3.8, 4) is 5.75 Å². The van der Waals surface area contributed by atoms with Crippen molar-refractivity contribution in [3.05, 3.63) is 24.3 Å². The van der Waals surface area contributed by atoms with E-state index < -0.39 is 0 Å². The highest BCUT2D eigenvalue weighted by molar-refractivity contribution is 14.0. The van der Waals surface area contributed by atoms with Crippen LogP contribution in [0.3, 0.4) is 0 Å². The van der Waals surface area contributed by atoms with Gasteiger partial charge >= 0.3 is 5.97 Å². The molecule has 0 radical (unpaired) electrons. The lowest BCUT2D eigenvalue weighted by molar-refractivity contribution is -0.140. The van der Waals surface area contributed by atoms with E-state index in [9.17, 15) is 4.79 Å². The van der Waals surface area contributed by atoms with Crippen LogP contribution < -0.4 is 15.8 Å². The molecule has 136 valence electrons. The fourth-order valence-electron chi connectivity index (χ4n) is 2.07. The summed E-state index contributed by atoms with van der Waals surface area (Å²) in [5.41, 5.74) is 6.73. The van der Waals surface area contributed by atoms with Crippen LogP contribution in [0.4, 0.5) is 5.69 Å². The first kappa shape index (κ1) is 22.5. The number of carbonyl (C=O) groups excluding carboxylic acids is 1. The maximum absolute atomic E-state index is 10.9. The van der Waals surface area contributed by atoms with Crippen LogP contribution in [0.1, 0.15) is 38.5 Å². The van der Waals surface area contributed by atoms with Gasteiger partial charge in [0.2, 0.25) is 0 Å². The number of nitrogens with zero attached hydrogens (tertiary/aromatic N) is 1. The summed E-state index contributed by atoms with van der Waals surface area (Å²) in [4.78, 5) is 15.2. The highest BCUT2D eigenvalue weighted by atomic mass is 127. The minimum atomic E-state index is -0.132. The van der Waals surface area contributed by atoms with Crippen molar-refractivity contribution in [3.63, 3.8) is 0 Å². The summed E-state index contributed by atoms with van der Waals surface area (Å²) in [6.45, 7) is 0.700. The third-order valence-electron chi connectivity index (χ3n) is 3.41. The van der Waals surface area contributed by atoms with Crippen LogP contribution in [0.5, 0.6) is 5.75 Å². The SMILES string of the molecule is COC(=O)CCCCCCCN=C(N)Nc1ccc(OC)cc1.I. The molecule has 0 saturated carbocycles. The van der Waals surface area contributed by atoms with Crippen molar-refractivity contribution >= 4 is 41.6 Å². The number of unbranched alkanes of at least 4 members (excludes halogenated alkanes) is 4. The van der Waals surface area contributed by atoms with E-state index in [4.69, 9.17) is 10.5 Å². The molecular formula is C17H28IN3O3. The third kappa shape index (κ3) is 10.3. The highest BCUT2D eigenvalue weighted by Gasteiger charge is 1.99. The van der Waals surface area contributed by atoms with Crippen LogP contribution in [0.25, 0.3) is 0 Å². The number of nitrogens with two attached hydrogens (primary N) is 1. The van der Waals surface area contributed by atoms with E-state index >= 15 is 0 Å². The number of esters is 1. The van der Waals surface area contributed by atoms with Crippen LogP contribution >= 0.6 is 24.0 Å². The predicted molar refractivity (Wildman–Crippen MR) is 108 cm³/mol. The number of hydrogen-bond donors (Lipinski definition) is 2. The Morgan fingerprint density at radius 1 is 1.08 bits per heavy atom. The minimum absolute atomic E-state index is 0. The molecule has 0 spiro atoms. The number of benzene rings is 1. The van der Waals surface area contributed by atoms with E-state index in [0.717, 1.165) is 43.5 Å². The van der Waals surface area contributed by atoms with Gasteiger partial charge in [-0.25, -0.2) is 0 Å². The Balaban J connectivity index is 0.00000529. The molecule has 0 aliphatic carbocycles. The molecule has 6 nitrogen and oxygen atoms in total. The van der Waals surface area contributed by atoms with Crippen LogP contribution in [-0.2, 0) is 9.53 Å². The molecule has 0 fully saturated rings. The molecule has 0 aromatic heterocycles. The van der Waals surface area contributed by atoms with Gasteiger partial charge in [-0.05, 0) is 37.1 Å². The second-order valence-electron chi connectivity index (χ2n) is 5.21. The van der Waals surface area contributed by atoms with Crippen molar-refractivity contribution in [2.75, 3.05) is 26.1 Å². The van der Waals surface area contributed by atoms with E-state index in [1.54, 1.807) is 7.11 Å². The molecule has 0 bridgehead atoms. The lowest BCUT2D eigenvalue weighted by atomic mass is 10.1. The van der Waals surface area contributed by atoms with Gasteiger partial charge in [-0.15, -0.1) is 24.0 Å². The molecule has 1 aromatic rings. The van der Waals surface area contributed by atoms with Crippen molar-refractivity contribution < 1.29 is 14.3 Å². The lowest BCUT2D eigenvalue weighted by Crippen LogP contribution is -2.22. The monoisotopic (exact) mass is 449 g/mol. The number of aliphatic imine (C=N–C) groups is 1. The van der Waals surface area contributed by atoms with E-state index in [-0.39, 0.29) is 29.9 Å². The van der Waals surface area contributed by atoms with Gasteiger partial charge in [0.25, 0.3) is 0 Å². The third-order valence-corrected chi connectivity index (χ3v) is 3.41. The number of guanidine groups is 1. The smallest absolute Gasteiger partial charge is 0.305 e. The van der Waals surface area contributed by atoms with Crippen LogP contribution in [0.15, 0.2) is 29.3 Å². The Labute approximate surface area is 161 Å². The number of carbonyl (C=O) groups is 1. The molecule has 0 saturated heterocycles. The largest absolute Gasteiger partial charge is 0.497 e. The summed E-state index contributed by atoms with van der Waals surface area (Å²) in [5, 5.41) is 3.04. The summed E-state index contributed by atoms with van der Waals surface area (Å²) < 4.78 is 9.70. The number of ether oxygens (including phenoxy) is 2. The van der Waals surface area contributed by atoms with Gasteiger partial charge < -0.3 is 20.5 Å². The zero-order valence-electron chi connectivity index (χ0n) is 14.4. The molecule has 7 heteroatoms. The normalized spacial score (nSPS) is 10.7. The second-order valence-corrected chi connectivity index (χ2v) is 5.21. The number of hydrogen-bond acceptors (Lipinski definition) is 4. The summed E-state index contributed by atoms with van der Waals surface area (Å²) in [7, 11) is 3.05. The van der Waals surface area contributed by atoms with Crippen LogP contribution in [-0.4, -0.2) is 32.7 Å². The molecule has 0 unspecified atom stereocenters. The van der Waals surface area contributed by atoms with Crippen molar-refractivity contribution in [2.45, 2.75) is 38.5 Å². The maximum atomic E-state index is 10.9. The van der Waals surface area contributed by atoms with Gasteiger partial charge in [0.15, 0.2) is 5.96 Å². The Kier molecular flexibility index (Phi) is 13.0. The average molecular weight is 449 g/mol. The molecule has 0 heterocycles. The first-order chi connectivity index (χ1) is 11.2. The van der Waals surface area contributed by atoms with Gasteiger partial charge in [-0.3, -0.25) is 9.79 Å². The fourth-order valence-corrected chi connectivity index (χ4v) is 2.07. The van der Waals surface area contributed by atoms with Gasteiger partial charge in [0.05, 0.1) is 14.2 Å². The van der Waals surface area contributed by atoms with Crippen molar-refractivity contribution in [1.82, 2.24) is 0 Å². The standard InChI is InChI=1S/C17H27N3O3.HI/c1-22-15-11-9-14(10-12-15)20-17(18)19-13-7-5-3-4-6-8-16(21)23-2;/h9-12H,3-8,13H2,1-2H3,(H3,18,19,20);1H. The lowest BCUT2D eigenvalue weighted by Gasteiger charge is -2.06. The maximum Gasteiger partial charge on any atom is 0.305 e. The first-order valence-corrected chi connectivity index (χ1v) is 7.93. The van der Waals surface area contributed by atoms with E-state index in [1.165, 1.54) is 7.11 Å². The predicted octanol–water partition coefficient (Wildman–Crippen LogP) is 3.55. The first-order valence-electron chi connectivity index (χ1n) is 7.93. The Hall–Kier alpha value is -1.51. The summed E-state index contributed by atoms with van der Waals surface area (Å²) >= 11 is 0. The summed E-state index contributed by atoms with van der Waals surface area (Å²) in [5.74, 6) is 1.09. The van der Waals surface area contributed by atoms with Crippen molar-refractivity contribution in [2.24, 2.45) is 10.7 Å². The topological polar surface area (TPSA) is 85.9 Å². The Morgan fingerprint density at radius 3 is 2.33 bits per heavy atom. The van der Waals surface area contributed by atoms with Gasteiger partial charge in [0, 0.05) is 18.7 Å². The summed E-state index contributed by atoms with van der Waals surface area (Å²) in [6, 6.07) is 7.51. The Morgan fingerprint density at radius 2 is 1.71 bits per heavy atom. The van der Waals surface area contributed by atoms with E-state index in [2.05, 4.69) is 15.0 Å². The highest BCUT2D eigenvalue weighted by Crippen LogP contribution is 2.14. The Bertz CT molecular complexity index is 492. The number of rotatable bonds is 10. The zero-order chi connectivity index (χ0) is 16.9. The average Bonchev–Trinajstić information content (AvgIpc) is 2.57. The van der Waals surface area contributed by atoms with E-state index in [1.807, 2.05) is 24.3 Å². The second kappa shape index (κ2) is 13.9. The quantitative estimate of drug-likeness (QED) is 0.188. The van der Waals surface area contributed by atoms with Gasteiger partial charge in [-0.2, -0.15) is 0 Å². The molecule has 0 atom stereocenters. The molecule has 0 aliphatic heterocycles. The minimum Gasteiger partial charge on any atom is -0.497 e. The number of methoxy groups -OCH3 is 2. The summed E-state index contributed by atoms with van der Waals surface area (Å²) in [6.07, 6.45) is 5.60. The molecule has 3 N–H and O–H groups in total. The van der Waals surface area contributed by atoms with E-state index in [0.29, 0.717) is 18.9 Å². The molecule has 1 aromatic carbocycles. The molecule has 0 amide bonds. The number of nitrogens with one attached hydrogen (secondary N) is 1. The number of anilines is 1. The molecule has 0 aliphatic rings. The van der Waals surface area contributed by atoms with Crippen LogP contribution in [0.2, 0.25) is 0 Å². The number of halogens is 1. The van der Waals surface area contributed by atoms with Crippen molar-refractivity contribution in [1.29, 1.82) is 0 Å². The van der Waals surface area contributed by atoms with Gasteiger partial charge in [0.1, 0.15) is 5.75 Å². The molecule has 1 rings (SSSR count). The molecular weight excluding hydrogens is 421 g/mol. The van der Waals surface area contributed by atoms with Gasteiger partial charge in [-0.1, -0.05) is 19.3 Å². The van der Waals surface area contributed by atoms with Crippen LogP contribution in [0, 0.1) is 0 Å². The fraction of sp³-hybridized carbons (Fsp3) is 0.529. The zero-order valence-corrected chi connectivity index (χ0v) is 16.7. The molecule has 24 heavy (non-hydrogen) atoms.